The van der Waals surface area contributed by atoms with E-state index >= 15 is 0 Å². The fourth-order valence-corrected chi connectivity index (χ4v) is 6.38. The second kappa shape index (κ2) is 21.7. The molecule has 218 valence electrons. The summed E-state index contributed by atoms with van der Waals surface area (Å²) in [7, 11) is 1.31. The van der Waals surface area contributed by atoms with Crippen LogP contribution in [0.5, 0.6) is 0 Å². The third-order valence-corrected chi connectivity index (χ3v) is 8.33. The Morgan fingerprint density at radius 3 is 1.19 bits per heavy atom. The van der Waals surface area contributed by atoms with E-state index < -0.39 is 0 Å². The third kappa shape index (κ3) is 11.5. The van der Waals surface area contributed by atoms with Crippen LogP contribution in [0.25, 0.3) is 43.8 Å². The predicted octanol–water partition coefficient (Wildman–Crippen LogP) is 12.2. The maximum Gasteiger partial charge on any atom is 3.00 e. The molecule has 6 aromatic carbocycles. The molecule has 0 amide bonds. The molecule has 3 heteroatoms. The minimum absolute atomic E-state index is 0. The first-order chi connectivity index (χ1) is 18.2. The van der Waals surface area contributed by atoms with Crippen molar-refractivity contribution in [2.24, 2.45) is 0 Å². The first-order valence-electron chi connectivity index (χ1n) is 13.3. The molecule has 0 aromatic heterocycles. The second-order valence-corrected chi connectivity index (χ2v) is 11.4. The van der Waals surface area contributed by atoms with E-state index in [1.807, 2.05) is 0 Å². The van der Waals surface area contributed by atoms with E-state index in [0.29, 0.717) is 0 Å². The summed E-state index contributed by atoms with van der Waals surface area (Å²) in [5, 5.41) is 5.37. The Labute approximate surface area is 304 Å². The van der Waals surface area contributed by atoms with Crippen molar-refractivity contribution in [1.29, 1.82) is 0 Å². The van der Waals surface area contributed by atoms with E-state index in [2.05, 4.69) is 135 Å². The summed E-state index contributed by atoms with van der Waals surface area (Å²) in [6.07, 6.45) is 3.02. The van der Waals surface area contributed by atoms with Crippen molar-refractivity contribution in [2.75, 3.05) is 0 Å². The summed E-state index contributed by atoms with van der Waals surface area (Å²) >= 11 is 0. The normalized spacial score (nSPS) is 10.8. The van der Waals surface area contributed by atoms with Crippen LogP contribution in [0.4, 0.5) is 0 Å². The molecule has 0 nitrogen and oxygen atoms in total. The smallest absolute Gasteiger partial charge is 0.358 e. The zero-order valence-electron chi connectivity index (χ0n) is 26.9. The van der Waals surface area contributed by atoms with Crippen LogP contribution in [0, 0.1) is 43.6 Å². The van der Waals surface area contributed by atoms with Crippen LogP contribution in [0.15, 0.2) is 121 Å². The summed E-state index contributed by atoms with van der Waals surface area (Å²) in [5.74, 6) is 0. The van der Waals surface area contributed by atoms with E-state index in [1.54, 1.807) is 0 Å². The molecule has 43 heavy (non-hydrogen) atoms. The van der Waals surface area contributed by atoms with Crippen LogP contribution in [-0.4, -0.2) is 9.52 Å². The predicted molar refractivity (Wildman–Crippen MR) is 190 cm³/mol. The molecule has 1 aliphatic rings. The second-order valence-electron chi connectivity index (χ2n) is 9.87. The summed E-state index contributed by atoms with van der Waals surface area (Å²) in [5.41, 5.74) is 7.89. The Kier molecular flexibility index (Phi) is 21.8. The SMILES string of the molecule is C1CC[Si]C1.Cc1cc2c(-c3ccccc3)cccc2[cH-]1.Cc1cc2c(-c3ccccc3)cccc2[cH-]1.[CH3-].[CH3-].[CH3-].[CH3-].[Zr+3].[Zr+3]. The van der Waals surface area contributed by atoms with Gasteiger partial charge in [-0.2, -0.15) is 12.1 Å². The van der Waals surface area contributed by atoms with Gasteiger partial charge in [0.15, 0.2) is 0 Å². The van der Waals surface area contributed by atoms with Gasteiger partial charge in [-0.25, -0.2) is 0 Å². The average Bonchev–Trinajstić information content (AvgIpc) is 3.70. The minimum Gasteiger partial charge on any atom is -0.358 e. The molecule has 4 radical (unpaired) electrons. The molecule has 1 fully saturated rings. The van der Waals surface area contributed by atoms with Gasteiger partial charge in [-0.1, -0.05) is 123 Å². The quantitative estimate of drug-likeness (QED) is 0.123. The molecule has 0 unspecified atom stereocenters. The number of aryl methyl sites for hydroxylation is 2. The Morgan fingerprint density at radius 2 is 0.860 bits per heavy atom. The number of benzene rings is 4. The zero-order valence-corrected chi connectivity index (χ0v) is 32.8. The van der Waals surface area contributed by atoms with Crippen LogP contribution in [-0.2, 0) is 52.4 Å². The third-order valence-electron chi connectivity index (χ3n) is 6.92. The Bertz CT molecular complexity index is 1440. The first kappa shape index (κ1) is 43.2. The summed E-state index contributed by atoms with van der Waals surface area (Å²) in [6, 6.07) is 46.2. The molecule has 6 aromatic rings. The fraction of sp³-hybridized carbons (Fsp3) is 0.150. The molecule has 1 aliphatic heterocycles. The van der Waals surface area contributed by atoms with Crippen molar-refractivity contribution in [3.8, 4) is 22.3 Å². The van der Waals surface area contributed by atoms with Crippen LogP contribution in [0.1, 0.15) is 24.0 Å². The van der Waals surface area contributed by atoms with Gasteiger partial charge >= 0.3 is 52.4 Å². The van der Waals surface area contributed by atoms with E-state index in [9.17, 15) is 0 Å². The number of hydrogen-bond donors (Lipinski definition) is 0. The number of hydrogen-bond acceptors (Lipinski definition) is 0. The van der Waals surface area contributed by atoms with Gasteiger partial charge in [-0.3, -0.25) is 0 Å². The van der Waals surface area contributed by atoms with E-state index in [4.69, 9.17) is 0 Å². The average molecular weight is 737 g/mol. The Morgan fingerprint density at radius 1 is 0.488 bits per heavy atom. The zero-order chi connectivity index (χ0) is 25.5. The molecule has 1 saturated heterocycles. The summed E-state index contributed by atoms with van der Waals surface area (Å²) in [4.78, 5) is 0. The molecule has 7 rings (SSSR count). The molecular formula is C40H46SiZr2. The van der Waals surface area contributed by atoms with Crippen molar-refractivity contribution in [3.63, 3.8) is 0 Å². The molecule has 0 spiro atoms. The molecular weight excluding hydrogens is 691 g/mol. The molecule has 0 aliphatic carbocycles. The van der Waals surface area contributed by atoms with Gasteiger partial charge in [0.25, 0.3) is 0 Å². The van der Waals surface area contributed by atoms with Crippen molar-refractivity contribution in [3.05, 3.63) is 162 Å². The van der Waals surface area contributed by atoms with Gasteiger partial charge in [0.2, 0.25) is 0 Å². The molecule has 0 bridgehead atoms. The summed E-state index contributed by atoms with van der Waals surface area (Å²) in [6.45, 7) is 4.30. The van der Waals surface area contributed by atoms with Crippen molar-refractivity contribution < 1.29 is 52.4 Å². The Hall–Kier alpha value is -1.92. The van der Waals surface area contributed by atoms with E-state index in [0.717, 1.165) is 0 Å². The first-order valence-corrected chi connectivity index (χ1v) is 14.7. The maximum absolute atomic E-state index is 2.26. The van der Waals surface area contributed by atoms with Gasteiger partial charge in [-0.05, 0) is 11.1 Å². The van der Waals surface area contributed by atoms with Gasteiger partial charge in [0.1, 0.15) is 0 Å². The van der Waals surface area contributed by atoms with E-state index in [1.165, 1.54) is 89.4 Å². The van der Waals surface area contributed by atoms with Crippen molar-refractivity contribution >= 4 is 31.1 Å². The van der Waals surface area contributed by atoms with E-state index in [-0.39, 0.29) is 82.1 Å². The number of fused-ring (bicyclic) bond motifs is 2. The van der Waals surface area contributed by atoms with Gasteiger partial charge < -0.3 is 29.7 Å². The van der Waals surface area contributed by atoms with Gasteiger partial charge in [-0.15, -0.1) is 69.1 Å². The van der Waals surface area contributed by atoms with Crippen LogP contribution in [0.2, 0.25) is 12.1 Å². The largest absolute Gasteiger partial charge is 3.00 e. The molecule has 1 heterocycles. The maximum atomic E-state index is 2.26. The molecule has 0 saturated carbocycles. The van der Waals surface area contributed by atoms with Gasteiger partial charge in [0.05, 0.1) is 0 Å². The van der Waals surface area contributed by atoms with Crippen LogP contribution in [0.3, 0.4) is 0 Å². The topological polar surface area (TPSA) is 0 Å². The van der Waals surface area contributed by atoms with Crippen molar-refractivity contribution in [2.45, 2.75) is 38.8 Å². The van der Waals surface area contributed by atoms with Crippen LogP contribution >= 0.6 is 0 Å². The summed E-state index contributed by atoms with van der Waals surface area (Å²) < 4.78 is 0. The van der Waals surface area contributed by atoms with Crippen molar-refractivity contribution in [1.82, 2.24) is 0 Å². The minimum atomic E-state index is 0. The molecule has 0 N–H and O–H groups in total. The molecule has 0 atom stereocenters. The monoisotopic (exact) mass is 734 g/mol. The fourth-order valence-electron chi connectivity index (χ4n) is 5.13. The number of rotatable bonds is 2. The Balaban J connectivity index is 0. The standard InChI is InChI=1S/2C16H13.C4H8Si.4CH3.2Zr/c2*1-12-10-14-8-5-9-15(16(14)11-12)13-6-3-2-4-7-13;1-2-4-5-3-1;;;;;;/h2*2-11H,1H3;1-4H2;4*1H3;;/q2*-1;;4*-1;2*+3. The van der Waals surface area contributed by atoms with Gasteiger partial charge in [0, 0.05) is 9.52 Å². The van der Waals surface area contributed by atoms with Crippen LogP contribution < -0.4 is 0 Å².